The molecule has 0 aliphatic rings. The summed E-state index contributed by atoms with van der Waals surface area (Å²) in [6, 6.07) is 24.5. The van der Waals surface area contributed by atoms with Gasteiger partial charge in [0.25, 0.3) is 11.8 Å². The highest BCUT2D eigenvalue weighted by Gasteiger charge is 2.07. The van der Waals surface area contributed by atoms with Crippen molar-refractivity contribution < 1.29 is 9.59 Å². The van der Waals surface area contributed by atoms with E-state index in [0.717, 1.165) is 16.5 Å². The number of nitrogens with one attached hydrogen (secondary N) is 2. The van der Waals surface area contributed by atoms with Crippen molar-refractivity contribution in [3.63, 3.8) is 0 Å². The molecule has 0 radical (unpaired) electrons. The zero-order valence-corrected chi connectivity index (χ0v) is 16.9. The second kappa shape index (κ2) is 9.85. The number of halogens is 1. The summed E-state index contributed by atoms with van der Waals surface area (Å²) in [7, 11) is 0. The van der Waals surface area contributed by atoms with Crippen LogP contribution >= 0.6 is 15.9 Å². The number of carbonyl (C=O) groups is 2. The fourth-order valence-electron chi connectivity index (χ4n) is 2.73. The Morgan fingerprint density at radius 1 is 0.679 bits per heavy atom. The molecule has 142 valence electrons. The van der Waals surface area contributed by atoms with Crippen LogP contribution in [0.25, 0.3) is 0 Å². The lowest BCUT2D eigenvalue weighted by Crippen LogP contribution is -2.26. The Hall–Kier alpha value is -2.92. The molecule has 28 heavy (non-hydrogen) atoms. The molecule has 0 saturated carbocycles. The fraction of sp³-hybridized carbons (Fsp3) is 0.130. The minimum absolute atomic E-state index is 0.0959. The van der Waals surface area contributed by atoms with E-state index in [1.54, 1.807) is 24.3 Å². The van der Waals surface area contributed by atoms with Gasteiger partial charge in [-0.05, 0) is 53.9 Å². The predicted octanol–water partition coefficient (Wildman–Crippen LogP) is 4.35. The Morgan fingerprint density at radius 3 is 1.89 bits per heavy atom. The van der Waals surface area contributed by atoms with Crippen LogP contribution in [-0.4, -0.2) is 18.4 Å². The first-order chi connectivity index (χ1) is 13.6. The first-order valence-corrected chi connectivity index (χ1v) is 9.86. The van der Waals surface area contributed by atoms with Crippen molar-refractivity contribution in [2.75, 3.05) is 6.54 Å². The van der Waals surface area contributed by atoms with Crippen molar-refractivity contribution in [1.29, 1.82) is 0 Å². The summed E-state index contributed by atoms with van der Waals surface area (Å²) < 4.78 is 0.932. The van der Waals surface area contributed by atoms with Gasteiger partial charge in [-0.15, -0.1) is 0 Å². The van der Waals surface area contributed by atoms with E-state index in [1.807, 2.05) is 54.6 Å². The van der Waals surface area contributed by atoms with Crippen LogP contribution in [0, 0.1) is 0 Å². The normalized spacial score (nSPS) is 10.3. The highest BCUT2D eigenvalue weighted by molar-refractivity contribution is 9.10. The molecule has 3 aromatic carbocycles. The Balaban J connectivity index is 1.46. The third kappa shape index (κ3) is 5.79. The standard InChI is InChI=1S/C23H21BrN2O2/c24-21-12-10-20(11-13-21)23(28)26-16-18-6-8-19(9-7-18)22(27)25-15-14-17-4-2-1-3-5-17/h1-13H,14-16H2,(H,25,27)(H,26,28). The smallest absolute Gasteiger partial charge is 0.251 e. The predicted molar refractivity (Wildman–Crippen MR) is 114 cm³/mol. The summed E-state index contributed by atoms with van der Waals surface area (Å²) in [6.07, 6.45) is 0.798. The van der Waals surface area contributed by atoms with E-state index in [4.69, 9.17) is 0 Å². The molecular formula is C23H21BrN2O2. The van der Waals surface area contributed by atoms with Crippen LogP contribution in [0.4, 0.5) is 0 Å². The molecular weight excluding hydrogens is 416 g/mol. The van der Waals surface area contributed by atoms with Gasteiger partial charge in [0.15, 0.2) is 0 Å². The van der Waals surface area contributed by atoms with E-state index >= 15 is 0 Å². The average molecular weight is 437 g/mol. The first-order valence-electron chi connectivity index (χ1n) is 9.06. The summed E-state index contributed by atoms with van der Waals surface area (Å²) in [6.45, 7) is 0.999. The Morgan fingerprint density at radius 2 is 1.25 bits per heavy atom. The number of benzene rings is 3. The minimum Gasteiger partial charge on any atom is -0.352 e. The minimum atomic E-state index is -0.129. The van der Waals surface area contributed by atoms with Gasteiger partial charge < -0.3 is 10.6 Å². The van der Waals surface area contributed by atoms with Gasteiger partial charge in [-0.1, -0.05) is 58.4 Å². The van der Waals surface area contributed by atoms with Crippen LogP contribution in [0.5, 0.6) is 0 Å². The highest BCUT2D eigenvalue weighted by atomic mass is 79.9. The van der Waals surface area contributed by atoms with Crippen LogP contribution < -0.4 is 10.6 Å². The summed E-state index contributed by atoms with van der Waals surface area (Å²) in [5.41, 5.74) is 3.35. The van der Waals surface area contributed by atoms with Gasteiger partial charge in [-0.2, -0.15) is 0 Å². The molecule has 3 rings (SSSR count). The van der Waals surface area contributed by atoms with Crippen LogP contribution in [0.3, 0.4) is 0 Å². The SMILES string of the molecule is O=C(NCCc1ccccc1)c1ccc(CNC(=O)c2ccc(Br)cc2)cc1. The lowest BCUT2D eigenvalue weighted by atomic mass is 10.1. The Labute approximate surface area is 173 Å². The molecule has 0 fully saturated rings. The topological polar surface area (TPSA) is 58.2 Å². The van der Waals surface area contributed by atoms with E-state index in [1.165, 1.54) is 5.56 Å². The van der Waals surface area contributed by atoms with Crippen molar-refractivity contribution >= 4 is 27.7 Å². The van der Waals surface area contributed by atoms with Crippen molar-refractivity contribution in [2.45, 2.75) is 13.0 Å². The van der Waals surface area contributed by atoms with E-state index in [-0.39, 0.29) is 11.8 Å². The Kier molecular flexibility index (Phi) is 6.98. The molecule has 0 atom stereocenters. The summed E-state index contributed by atoms with van der Waals surface area (Å²) in [5.74, 6) is -0.225. The Bertz CT molecular complexity index is 923. The molecule has 0 aromatic heterocycles. The number of rotatable bonds is 7. The van der Waals surface area contributed by atoms with Gasteiger partial charge in [0.1, 0.15) is 0 Å². The average Bonchev–Trinajstić information content (AvgIpc) is 2.73. The zero-order chi connectivity index (χ0) is 19.8. The van der Waals surface area contributed by atoms with Gasteiger partial charge in [0, 0.05) is 28.7 Å². The number of carbonyl (C=O) groups excluding carboxylic acids is 2. The molecule has 0 heterocycles. The fourth-order valence-corrected chi connectivity index (χ4v) is 2.99. The lowest BCUT2D eigenvalue weighted by Gasteiger charge is -2.08. The van der Waals surface area contributed by atoms with Crippen LogP contribution in [0.15, 0.2) is 83.3 Å². The molecule has 2 amide bonds. The summed E-state index contributed by atoms with van der Waals surface area (Å²) in [4.78, 5) is 24.4. The summed E-state index contributed by atoms with van der Waals surface area (Å²) >= 11 is 3.35. The van der Waals surface area contributed by atoms with Crippen LogP contribution in [0.1, 0.15) is 31.8 Å². The third-order valence-corrected chi connectivity index (χ3v) is 4.85. The van der Waals surface area contributed by atoms with Gasteiger partial charge in [-0.25, -0.2) is 0 Å². The molecule has 0 unspecified atom stereocenters. The maximum absolute atomic E-state index is 12.2. The quantitative estimate of drug-likeness (QED) is 0.578. The van der Waals surface area contributed by atoms with Gasteiger partial charge in [-0.3, -0.25) is 9.59 Å². The molecule has 0 bridgehead atoms. The lowest BCUT2D eigenvalue weighted by molar-refractivity contribution is 0.0943. The molecule has 0 spiro atoms. The van der Waals surface area contributed by atoms with Crippen LogP contribution in [-0.2, 0) is 13.0 Å². The second-order valence-corrected chi connectivity index (χ2v) is 7.29. The molecule has 3 aromatic rings. The van der Waals surface area contributed by atoms with Crippen molar-refractivity contribution in [3.05, 3.63) is 106 Å². The van der Waals surface area contributed by atoms with Crippen molar-refractivity contribution in [2.24, 2.45) is 0 Å². The highest BCUT2D eigenvalue weighted by Crippen LogP contribution is 2.11. The maximum Gasteiger partial charge on any atom is 0.251 e. The number of hydrogen-bond acceptors (Lipinski definition) is 2. The molecule has 4 nitrogen and oxygen atoms in total. The molecule has 0 aliphatic carbocycles. The summed E-state index contributed by atoms with van der Waals surface area (Å²) in [5, 5.41) is 5.81. The monoisotopic (exact) mass is 436 g/mol. The molecule has 0 aliphatic heterocycles. The first kappa shape index (κ1) is 19.8. The van der Waals surface area contributed by atoms with E-state index < -0.39 is 0 Å². The van der Waals surface area contributed by atoms with E-state index in [2.05, 4.69) is 26.6 Å². The van der Waals surface area contributed by atoms with Gasteiger partial charge in [0.05, 0.1) is 0 Å². The second-order valence-electron chi connectivity index (χ2n) is 6.38. The van der Waals surface area contributed by atoms with Crippen LogP contribution in [0.2, 0.25) is 0 Å². The maximum atomic E-state index is 12.2. The molecule has 0 saturated heterocycles. The largest absolute Gasteiger partial charge is 0.352 e. The zero-order valence-electron chi connectivity index (χ0n) is 15.3. The van der Waals surface area contributed by atoms with Crippen molar-refractivity contribution in [3.8, 4) is 0 Å². The number of amides is 2. The molecule has 2 N–H and O–H groups in total. The van der Waals surface area contributed by atoms with Crippen molar-refractivity contribution in [1.82, 2.24) is 10.6 Å². The number of hydrogen-bond donors (Lipinski definition) is 2. The third-order valence-electron chi connectivity index (χ3n) is 4.32. The van der Waals surface area contributed by atoms with Gasteiger partial charge >= 0.3 is 0 Å². The van der Waals surface area contributed by atoms with Gasteiger partial charge in [0.2, 0.25) is 0 Å². The van der Waals surface area contributed by atoms with E-state index in [9.17, 15) is 9.59 Å². The van der Waals surface area contributed by atoms with E-state index in [0.29, 0.717) is 24.2 Å². The molecule has 5 heteroatoms.